The first-order valence-electron chi connectivity index (χ1n) is 24.9. The Morgan fingerprint density at radius 3 is 2.20 bits per heavy atom. The normalized spacial score (nSPS) is 40.6. The number of amides is 2. The van der Waals surface area contributed by atoms with Gasteiger partial charge in [0.1, 0.15) is 36.7 Å². The number of likely N-dealkylation sites (N-methyl/N-ethyl adjacent to an activating group) is 2. The van der Waals surface area contributed by atoms with Crippen LogP contribution in [0.5, 0.6) is 0 Å². The number of aliphatic hydroxyl groups excluding tert-OH is 3. The first-order valence-corrected chi connectivity index (χ1v) is 24.9. The van der Waals surface area contributed by atoms with Gasteiger partial charge in [0.15, 0.2) is 6.29 Å². The minimum absolute atomic E-state index is 0.00374. The number of carbonyl (C=O) groups excluding carboxylic acids is 3. The second-order valence-electron chi connectivity index (χ2n) is 21.6. The molecular formula is C51H87FN4O13. The molecule has 3 fully saturated rings. The lowest BCUT2D eigenvalue weighted by Crippen LogP contribution is -2.62. The first-order chi connectivity index (χ1) is 32.1. The predicted molar refractivity (Wildman–Crippen MR) is 257 cm³/mol. The van der Waals surface area contributed by atoms with Gasteiger partial charge in [-0.1, -0.05) is 52.0 Å². The van der Waals surface area contributed by atoms with Crippen LogP contribution in [-0.2, 0) is 50.9 Å². The van der Waals surface area contributed by atoms with Crippen LogP contribution < -0.4 is 11.1 Å². The molecule has 3 saturated heterocycles. The van der Waals surface area contributed by atoms with Crippen LogP contribution in [0.1, 0.15) is 112 Å². The molecule has 3 heterocycles. The van der Waals surface area contributed by atoms with Gasteiger partial charge in [-0.25, -0.2) is 4.39 Å². The van der Waals surface area contributed by atoms with Crippen molar-refractivity contribution in [3.8, 4) is 0 Å². The number of hydrogen-bond donors (Lipinski definition) is 7. The zero-order valence-corrected chi connectivity index (χ0v) is 43.5. The molecule has 2 amide bonds. The molecule has 396 valence electrons. The molecule has 18 heteroatoms. The predicted octanol–water partition coefficient (Wildman–Crippen LogP) is 2.66. The topological polar surface area (TPSA) is 243 Å². The molecule has 1 aromatic carbocycles. The summed E-state index contributed by atoms with van der Waals surface area (Å²) in [5.74, 6) is -4.19. The molecule has 0 radical (unpaired) electrons. The lowest BCUT2D eigenvalue weighted by atomic mass is 9.68. The van der Waals surface area contributed by atoms with E-state index in [2.05, 4.69) is 5.32 Å². The fourth-order valence-electron chi connectivity index (χ4n) is 11.4. The SMILES string of the molecule is CC[C@H]1OC(=O)[C@H](C)C([C@H]2C[C@@](C)(OC)[C@@H](O)[C@H](C)O2)[C@H](C)[C@@H](O[C@@H]2O[C@H](C)C[C@H](N(C)CCC(=O)N[C@H](CF)Cc3ccc(CC(N)=O)cc3)[C@H]2O)[C@](C)(O)C[C@@H](C)CN(C)[C@H](C)[C@@H](O)[C@]1(C)O. The highest BCUT2D eigenvalue weighted by Gasteiger charge is 2.55. The van der Waals surface area contributed by atoms with Gasteiger partial charge in [-0.05, 0) is 104 Å². The van der Waals surface area contributed by atoms with E-state index in [1.807, 2.05) is 37.6 Å². The average Bonchev–Trinajstić information content (AvgIpc) is 3.27. The molecule has 0 aliphatic carbocycles. The number of nitrogens with zero attached hydrogens (tertiary/aromatic N) is 2. The van der Waals surface area contributed by atoms with E-state index in [1.54, 1.807) is 72.9 Å². The van der Waals surface area contributed by atoms with Crippen molar-refractivity contribution in [3.63, 3.8) is 0 Å². The largest absolute Gasteiger partial charge is 0.459 e. The van der Waals surface area contributed by atoms with Gasteiger partial charge in [-0.2, -0.15) is 0 Å². The Labute approximate surface area is 409 Å². The molecular weight excluding hydrogens is 896 g/mol. The molecule has 4 rings (SSSR count). The maximum atomic E-state index is 14.6. The number of carbonyl (C=O) groups is 3. The summed E-state index contributed by atoms with van der Waals surface area (Å²) in [6.45, 7) is 17.4. The van der Waals surface area contributed by atoms with E-state index < -0.39 is 126 Å². The third-order valence-electron chi connectivity index (χ3n) is 15.6. The van der Waals surface area contributed by atoms with E-state index in [-0.39, 0.29) is 56.9 Å². The monoisotopic (exact) mass is 983 g/mol. The van der Waals surface area contributed by atoms with Gasteiger partial charge in [-0.3, -0.25) is 14.4 Å². The number of benzene rings is 1. The van der Waals surface area contributed by atoms with Gasteiger partial charge in [0.25, 0.3) is 0 Å². The molecule has 3 aliphatic rings. The molecule has 3 aliphatic heterocycles. The van der Waals surface area contributed by atoms with Gasteiger partial charge in [0.2, 0.25) is 11.8 Å². The quantitative estimate of drug-likeness (QED) is 0.125. The Morgan fingerprint density at radius 2 is 1.62 bits per heavy atom. The van der Waals surface area contributed by atoms with Crippen LogP contribution in [0.25, 0.3) is 0 Å². The Bertz CT molecular complexity index is 1810. The number of ether oxygens (including phenoxy) is 5. The molecule has 69 heavy (non-hydrogen) atoms. The second-order valence-corrected chi connectivity index (χ2v) is 21.6. The number of nitrogens with two attached hydrogens (primary N) is 1. The molecule has 0 saturated carbocycles. The van der Waals surface area contributed by atoms with Crippen LogP contribution in [0.15, 0.2) is 24.3 Å². The Morgan fingerprint density at radius 1 is 1.00 bits per heavy atom. The second kappa shape index (κ2) is 24.7. The molecule has 19 atom stereocenters. The summed E-state index contributed by atoms with van der Waals surface area (Å²) in [5, 5.41) is 62.6. The van der Waals surface area contributed by atoms with Crippen LogP contribution in [0.2, 0.25) is 0 Å². The Balaban J connectivity index is 1.66. The van der Waals surface area contributed by atoms with Gasteiger partial charge in [0.05, 0.1) is 54.0 Å². The highest BCUT2D eigenvalue weighted by Crippen LogP contribution is 2.45. The van der Waals surface area contributed by atoms with Crippen molar-refractivity contribution in [2.75, 3.05) is 41.0 Å². The Kier molecular flexibility index (Phi) is 21.0. The summed E-state index contributed by atoms with van der Waals surface area (Å²) in [6, 6.07) is 5.12. The van der Waals surface area contributed by atoms with E-state index in [4.69, 9.17) is 29.4 Å². The summed E-state index contributed by atoms with van der Waals surface area (Å²) in [6.07, 6.45) is -7.80. The fourth-order valence-corrected chi connectivity index (χ4v) is 11.4. The molecule has 1 aromatic rings. The Hall–Kier alpha value is -2.88. The van der Waals surface area contributed by atoms with E-state index in [1.165, 1.54) is 14.0 Å². The van der Waals surface area contributed by atoms with Crippen molar-refractivity contribution in [2.24, 2.45) is 29.4 Å². The summed E-state index contributed by atoms with van der Waals surface area (Å²) < 4.78 is 46.1. The number of cyclic esters (lactones) is 1. The zero-order chi connectivity index (χ0) is 51.9. The highest BCUT2D eigenvalue weighted by atomic mass is 19.1. The minimum Gasteiger partial charge on any atom is -0.459 e. The number of methoxy groups -OCH3 is 1. The lowest BCUT2D eigenvalue weighted by molar-refractivity contribution is -0.302. The van der Waals surface area contributed by atoms with Crippen LogP contribution in [0.3, 0.4) is 0 Å². The van der Waals surface area contributed by atoms with Crippen LogP contribution >= 0.6 is 0 Å². The van der Waals surface area contributed by atoms with Crippen molar-refractivity contribution < 1.29 is 68.0 Å². The van der Waals surface area contributed by atoms with E-state index in [9.17, 15) is 44.3 Å². The highest BCUT2D eigenvalue weighted by molar-refractivity contribution is 5.77. The maximum absolute atomic E-state index is 14.6. The summed E-state index contributed by atoms with van der Waals surface area (Å²) >= 11 is 0. The average molecular weight is 983 g/mol. The molecule has 0 bridgehead atoms. The van der Waals surface area contributed by atoms with E-state index >= 15 is 0 Å². The number of nitrogens with one attached hydrogen (secondary N) is 1. The number of aliphatic hydroxyl groups is 5. The summed E-state index contributed by atoms with van der Waals surface area (Å²) in [4.78, 5) is 42.8. The van der Waals surface area contributed by atoms with Gasteiger partial charge < -0.3 is 70.1 Å². The van der Waals surface area contributed by atoms with Crippen molar-refractivity contribution in [1.29, 1.82) is 0 Å². The lowest BCUT2D eigenvalue weighted by Gasteiger charge is -2.51. The van der Waals surface area contributed by atoms with Gasteiger partial charge in [-0.15, -0.1) is 0 Å². The number of rotatable bonds is 15. The number of halogens is 1. The van der Waals surface area contributed by atoms with Gasteiger partial charge in [0, 0.05) is 51.0 Å². The molecule has 17 nitrogen and oxygen atoms in total. The molecule has 1 unspecified atom stereocenters. The van der Waals surface area contributed by atoms with Crippen LogP contribution in [0.4, 0.5) is 4.39 Å². The summed E-state index contributed by atoms with van der Waals surface area (Å²) in [7, 11) is 5.11. The first kappa shape index (κ1) is 58.7. The zero-order valence-electron chi connectivity index (χ0n) is 43.5. The standard InChI is InChI=1S/C51H87FN4O13/c1-14-39-51(10,64)44(60)32(6)56(12)27-28(2)24-49(8,63)46(30(4)42(31(5)47(62)68-39)38-25-50(9,65-13)45(61)33(7)67-38)69-48-43(59)37(21-29(3)66-48)55(11)20-19-41(58)54-36(26-52)22-34-15-17-35(18-16-34)23-40(53)57/h15-18,28-33,36-39,42-46,48,59-61,63-64H,14,19-27H2,1-13H3,(H2,53,57)(H,54,58)/t28-,29-,30+,31-,32-,33+,36+,37+,38-,39-,42?,43-,44-,45+,46-,48+,49-,50-,51-/m1/s1. The van der Waals surface area contributed by atoms with E-state index in [0.29, 0.717) is 13.0 Å². The van der Waals surface area contributed by atoms with Crippen LogP contribution in [-0.4, -0.2) is 184 Å². The van der Waals surface area contributed by atoms with Gasteiger partial charge >= 0.3 is 5.97 Å². The third kappa shape index (κ3) is 14.6. The van der Waals surface area contributed by atoms with Crippen LogP contribution in [0, 0.1) is 23.7 Å². The number of esters is 1. The smallest absolute Gasteiger partial charge is 0.309 e. The maximum Gasteiger partial charge on any atom is 0.309 e. The number of alkyl halides is 1. The molecule has 8 N–H and O–H groups in total. The van der Waals surface area contributed by atoms with E-state index in [0.717, 1.165) is 11.1 Å². The molecule has 0 aromatic heterocycles. The minimum atomic E-state index is -1.84. The third-order valence-corrected chi connectivity index (χ3v) is 15.6. The van der Waals surface area contributed by atoms with Crippen molar-refractivity contribution in [1.82, 2.24) is 15.1 Å². The van der Waals surface area contributed by atoms with Crippen molar-refractivity contribution in [2.45, 2.75) is 204 Å². The van der Waals surface area contributed by atoms with Crippen molar-refractivity contribution >= 4 is 17.8 Å². The van der Waals surface area contributed by atoms with Crippen molar-refractivity contribution in [3.05, 3.63) is 35.4 Å². The fraction of sp³-hybridized carbons (Fsp3) is 0.824. The summed E-state index contributed by atoms with van der Waals surface area (Å²) in [5.41, 5.74) is 2.25. The molecule has 0 spiro atoms. The number of hydrogen-bond acceptors (Lipinski definition) is 15. The number of primary amides is 1.